The number of carbonyl (C=O) groups is 1. The molecule has 1 aliphatic rings. The molecular weight excluding hydrogens is 393 g/mol. The minimum atomic E-state index is -0.372. The van der Waals surface area contributed by atoms with Crippen molar-refractivity contribution >= 4 is 16.9 Å². The molecule has 0 bridgehead atoms. The molecule has 2 aromatic heterocycles. The van der Waals surface area contributed by atoms with Gasteiger partial charge in [0.1, 0.15) is 17.0 Å². The lowest BCUT2D eigenvalue weighted by molar-refractivity contribution is 0.0949. The first-order valence-corrected chi connectivity index (χ1v) is 10.2. The molecule has 0 radical (unpaired) electrons. The van der Waals surface area contributed by atoms with Gasteiger partial charge >= 0.3 is 0 Å². The Bertz CT molecular complexity index is 1390. The van der Waals surface area contributed by atoms with Crippen LogP contribution in [0.15, 0.2) is 71.8 Å². The molecule has 5 nitrogen and oxygen atoms in total. The number of hydrogen-bond donors (Lipinski definition) is 1. The summed E-state index contributed by atoms with van der Waals surface area (Å²) in [5.74, 6) is -0.638. The third-order valence-electron chi connectivity index (χ3n) is 5.55. The number of pyridine rings is 2. The van der Waals surface area contributed by atoms with Crippen LogP contribution < -0.4 is 10.7 Å². The van der Waals surface area contributed by atoms with Crippen LogP contribution in [0.5, 0.6) is 0 Å². The van der Waals surface area contributed by atoms with Crippen molar-refractivity contribution in [3.63, 3.8) is 0 Å². The van der Waals surface area contributed by atoms with E-state index in [1.165, 1.54) is 6.07 Å². The zero-order valence-corrected chi connectivity index (χ0v) is 16.9. The predicted octanol–water partition coefficient (Wildman–Crippen LogP) is 4.39. The molecule has 0 aliphatic heterocycles. The van der Waals surface area contributed by atoms with Gasteiger partial charge in [0.15, 0.2) is 0 Å². The van der Waals surface area contributed by atoms with Gasteiger partial charge in [0, 0.05) is 24.1 Å². The zero-order chi connectivity index (χ0) is 21.5. The topological polar surface area (TPSA) is 64.0 Å². The first kappa shape index (κ1) is 19.2. The highest BCUT2D eigenvalue weighted by molar-refractivity contribution is 5.97. The van der Waals surface area contributed by atoms with Crippen molar-refractivity contribution in [2.45, 2.75) is 25.8 Å². The first-order valence-electron chi connectivity index (χ1n) is 10.2. The second-order valence-corrected chi connectivity index (χ2v) is 7.88. The van der Waals surface area contributed by atoms with Crippen LogP contribution in [0.2, 0.25) is 0 Å². The van der Waals surface area contributed by atoms with E-state index in [9.17, 15) is 14.0 Å². The van der Waals surface area contributed by atoms with Crippen LogP contribution in [-0.4, -0.2) is 21.5 Å². The Hall–Kier alpha value is -3.80. The maximum absolute atomic E-state index is 14.1. The molecule has 1 fully saturated rings. The molecule has 0 unspecified atom stereocenters. The number of halogens is 1. The SMILES string of the molecule is Cc1ccc(-c2cccc(-n3cc(C(=O)NC4CC4)c(=O)c4cccnc43)c2)cc1F. The number of aromatic nitrogens is 2. The average molecular weight is 413 g/mol. The number of amides is 1. The Morgan fingerprint density at radius 3 is 2.68 bits per heavy atom. The van der Waals surface area contributed by atoms with Gasteiger partial charge < -0.3 is 9.88 Å². The molecule has 154 valence electrons. The highest BCUT2D eigenvalue weighted by Gasteiger charge is 2.26. The minimum absolute atomic E-state index is 0.0826. The highest BCUT2D eigenvalue weighted by Crippen LogP contribution is 2.26. The molecule has 6 heteroatoms. The number of rotatable bonds is 4. The van der Waals surface area contributed by atoms with Gasteiger partial charge in [-0.05, 0) is 66.8 Å². The average Bonchev–Trinajstić information content (AvgIpc) is 3.60. The van der Waals surface area contributed by atoms with E-state index in [4.69, 9.17) is 0 Å². The van der Waals surface area contributed by atoms with Crippen LogP contribution in [0.25, 0.3) is 27.8 Å². The smallest absolute Gasteiger partial charge is 0.257 e. The second kappa shape index (κ2) is 7.47. The van der Waals surface area contributed by atoms with E-state index in [1.807, 2.05) is 30.3 Å². The van der Waals surface area contributed by atoms with Crippen LogP contribution in [-0.2, 0) is 0 Å². The van der Waals surface area contributed by atoms with Gasteiger partial charge in [-0.1, -0.05) is 24.3 Å². The predicted molar refractivity (Wildman–Crippen MR) is 118 cm³/mol. The number of hydrogen-bond acceptors (Lipinski definition) is 3. The minimum Gasteiger partial charge on any atom is -0.349 e. The van der Waals surface area contributed by atoms with Gasteiger partial charge in [0.05, 0.1) is 5.39 Å². The maximum Gasteiger partial charge on any atom is 0.257 e. The van der Waals surface area contributed by atoms with Gasteiger partial charge in [-0.3, -0.25) is 9.59 Å². The fourth-order valence-corrected chi connectivity index (χ4v) is 3.62. The van der Waals surface area contributed by atoms with Crippen molar-refractivity contribution in [1.29, 1.82) is 0 Å². The maximum atomic E-state index is 14.1. The van der Waals surface area contributed by atoms with Crippen LogP contribution in [0.4, 0.5) is 4.39 Å². The van der Waals surface area contributed by atoms with E-state index in [-0.39, 0.29) is 28.8 Å². The quantitative estimate of drug-likeness (QED) is 0.540. The van der Waals surface area contributed by atoms with Gasteiger partial charge in [0.2, 0.25) is 5.43 Å². The molecule has 1 amide bonds. The number of carbonyl (C=O) groups excluding carboxylic acids is 1. The lowest BCUT2D eigenvalue weighted by Crippen LogP contribution is -2.31. The van der Waals surface area contributed by atoms with E-state index in [2.05, 4.69) is 10.3 Å². The Kier molecular flexibility index (Phi) is 4.62. The Morgan fingerprint density at radius 1 is 1.10 bits per heavy atom. The fourth-order valence-electron chi connectivity index (χ4n) is 3.62. The van der Waals surface area contributed by atoms with Crippen LogP contribution in [0, 0.1) is 12.7 Å². The third kappa shape index (κ3) is 3.61. The molecule has 31 heavy (non-hydrogen) atoms. The summed E-state index contributed by atoms with van der Waals surface area (Å²) in [5.41, 5.74) is 3.08. The van der Waals surface area contributed by atoms with Gasteiger partial charge in [-0.25, -0.2) is 9.37 Å². The van der Waals surface area contributed by atoms with Crippen molar-refractivity contribution in [3.05, 3.63) is 94.2 Å². The lowest BCUT2D eigenvalue weighted by atomic mass is 10.0. The van der Waals surface area contributed by atoms with E-state index in [1.54, 1.807) is 42.1 Å². The fraction of sp³-hybridized carbons (Fsp3) is 0.160. The Labute approximate surface area is 178 Å². The molecule has 1 N–H and O–H groups in total. The Morgan fingerprint density at radius 2 is 1.90 bits per heavy atom. The summed E-state index contributed by atoms with van der Waals surface area (Å²) in [6.07, 6.45) is 5.03. The van der Waals surface area contributed by atoms with E-state index in [0.29, 0.717) is 16.6 Å². The third-order valence-corrected chi connectivity index (χ3v) is 5.55. The summed E-state index contributed by atoms with van der Waals surface area (Å²) in [6.45, 7) is 1.72. The number of benzene rings is 2. The molecule has 4 aromatic rings. The molecular formula is C25H20FN3O2. The number of nitrogens with zero attached hydrogens (tertiary/aromatic N) is 2. The van der Waals surface area contributed by atoms with Crippen molar-refractivity contribution in [1.82, 2.24) is 14.9 Å². The largest absolute Gasteiger partial charge is 0.349 e. The van der Waals surface area contributed by atoms with Crippen LogP contribution in [0.3, 0.4) is 0 Å². The molecule has 1 aliphatic carbocycles. The molecule has 0 spiro atoms. The lowest BCUT2D eigenvalue weighted by Gasteiger charge is -2.14. The molecule has 0 atom stereocenters. The molecule has 1 saturated carbocycles. The molecule has 0 saturated heterocycles. The summed E-state index contributed by atoms with van der Waals surface area (Å²) in [5, 5.41) is 3.26. The highest BCUT2D eigenvalue weighted by atomic mass is 19.1. The summed E-state index contributed by atoms with van der Waals surface area (Å²) in [6, 6.07) is 16.1. The van der Waals surface area contributed by atoms with Gasteiger partial charge in [0.25, 0.3) is 5.91 Å². The van der Waals surface area contributed by atoms with Crippen LogP contribution >= 0.6 is 0 Å². The van der Waals surface area contributed by atoms with Crippen molar-refractivity contribution < 1.29 is 9.18 Å². The van der Waals surface area contributed by atoms with Gasteiger partial charge in [-0.2, -0.15) is 0 Å². The zero-order valence-electron chi connectivity index (χ0n) is 16.9. The molecule has 2 heterocycles. The monoisotopic (exact) mass is 413 g/mol. The summed E-state index contributed by atoms with van der Waals surface area (Å²) < 4.78 is 15.8. The van der Waals surface area contributed by atoms with Crippen molar-refractivity contribution in [2.24, 2.45) is 0 Å². The van der Waals surface area contributed by atoms with E-state index in [0.717, 1.165) is 29.7 Å². The number of fused-ring (bicyclic) bond motifs is 1. The molecule has 2 aromatic carbocycles. The summed E-state index contributed by atoms with van der Waals surface area (Å²) in [7, 11) is 0. The standard InChI is InChI=1S/C25H20FN3O2/c1-15-7-8-17(13-22(15)26)16-4-2-5-19(12-16)29-14-21(25(31)28-18-9-10-18)23(30)20-6-3-11-27-24(20)29/h2-8,11-14,18H,9-10H2,1H3,(H,28,31). The van der Waals surface area contributed by atoms with Crippen molar-refractivity contribution in [3.8, 4) is 16.8 Å². The first-order chi connectivity index (χ1) is 15.0. The van der Waals surface area contributed by atoms with E-state index >= 15 is 0 Å². The summed E-state index contributed by atoms with van der Waals surface area (Å²) >= 11 is 0. The Balaban J connectivity index is 1.67. The number of nitrogens with one attached hydrogen (secondary N) is 1. The normalized spacial score (nSPS) is 13.4. The van der Waals surface area contributed by atoms with Crippen LogP contribution in [0.1, 0.15) is 28.8 Å². The molecule has 5 rings (SSSR count). The van der Waals surface area contributed by atoms with Gasteiger partial charge in [-0.15, -0.1) is 0 Å². The number of aryl methyl sites for hydroxylation is 1. The van der Waals surface area contributed by atoms with Crippen molar-refractivity contribution in [2.75, 3.05) is 0 Å². The van der Waals surface area contributed by atoms with E-state index < -0.39 is 0 Å². The second-order valence-electron chi connectivity index (χ2n) is 7.88. The summed E-state index contributed by atoms with van der Waals surface area (Å²) in [4.78, 5) is 30.1.